The molecule has 0 unspecified atom stereocenters. The van der Waals surface area contributed by atoms with Gasteiger partial charge in [0.05, 0.1) is 10.0 Å². The molecule has 1 aromatic carbocycles. The second-order valence-electron chi connectivity index (χ2n) is 2.98. The van der Waals surface area contributed by atoms with E-state index in [0.717, 1.165) is 6.42 Å². The van der Waals surface area contributed by atoms with Gasteiger partial charge < -0.3 is 5.43 Å². The number of nitrogens with zero attached hydrogens (tertiary/aromatic N) is 1. The van der Waals surface area contributed by atoms with E-state index in [-0.39, 0.29) is 5.82 Å². The van der Waals surface area contributed by atoms with Gasteiger partial charge in [0.2, 0.25) is 0 Å². The van der Waals surface area contributed by atoms with Crippen LogP contribution < -0.4 is 11.3 Å². The van der Waals surface area contributed by atoms with Gasteiger partial charge in [0.25, 0.3) is 0 Å². The predicted octanol–water partition coefficient (Wildman–Crippen LogP) is 2.21. The molecule has 0 atom stereocenters. The highest BCUT2D eigenvalue weighted by atomic mass is 79.9. The highest BCUT2D eigenvalue weighted by Gasteiger charge is 2.10. The molecule has 0 heterocycles. The average molecular weight is 274 g/mol. The summed E-state index contributed by atoms with van der Waals surface area (Å²) in [5.74, 6) is 5.32. The van der Waals surface area contributed by atoms with E-state index in [4.69, 9.17) is 5.84 Å². The van der Waals surface area contributed by atoms with Crippen molar-refractivity contribution in [1.82, 2.24) is 5.43 Å². The van der Waals surface area contributed by atoms with Crippen molar-refractivity contribution in [2.24, 2.45) is 10.8 Å². The van der Waals surface area contributed by atoms with Crippen LogP contribution in [0.5, 0.6) is 0 Å². The minimum Gasteiger partial charge on any atom is -0.308 e. The summed E-state index contributed by atoms with van der Waals surface area (Å²) in [5.41, 5.74) is 2.79. The fraction of sp³-hybridized carbons (Fsp3) is 0.300. The predicted molar refractivity (Wildman–Crippen MR) is 63.1 cm³/mol. The molecule has 1 rings (SSSR count). The van der Waals surface area contributed by atoms with Crippen LogP contribution in [0.1, 0.15) is 18.9 Å². The van der Waals surface area contributed by atoms with Crippen molar-refractivity contribution in [3.63, 3.8) is 0 Å². The van der Waals surface area contributed by atoms with Gasteiger partial charge in [0.15, 0.2) is 0 Å². The standard InChI is InChI=1S/C10H13BrFN3/c1-2-6-14-10(15-13)7-4-3-5-8(11)9(7)12/h3-5H,2,6,13H2,1H3,(H,14,15). The zero-order chi connectivity index (χ0) is 11.3. The number of nitrogens with one attached hydrogen (secondary N) is 1. The van der Waals surface area contributed by atoms with Crippen LogP contribution in [0.2, 0.25) is 0 Å². The molecule has 3 N–H and O–H groups in total. The lowest BCUT2D eigenvalue weighted by molar-refractivity contribution is 0.617. The molecule has 0 bridgehead atoms. The first-order valence-electron chi connectivity index (χ1n) is 4.66. The maximum absolute atomic E-state index is 13.6. The largest absolute Gasteiger partial charge is 0.308 e. The zero-order valence-corrected chi connectivity index (χ0v) is 10.0. The van der Waals surface area contributed by atoms with E-state index in [1.54, 1.807) is 18.2 Å². The Kier molecular flexibility index (Phi) is 4.71. The Bertz CT molecular complexity index is 366. The number of hydrazine groups is 1. The van der Waals surface area contributed by atoms with Crippen LogP contribution in [0.25, 0.3) is 0 Å². The molecule has 0 aliphatic heterocycles. The Morgan fingerprint density at radius 2 is 2.33 bits per heavy atom. The van der Waals surface area contributed by atoms with Crippen LogP contribution in [0.4, 0.5) is 4.39 Å². The second kappa shape index (κ2) is 5.82. The molecule has 0 amide bonds. The summed E-state index contributed by atoms with van der Waals surface area (Å²) < 4.78 is 14.0. The van der Waals surface area contributed by atoms with E-state index in [1.807, 2.05) is 6.92 Å². The maximum Gasteiger partial charge on any atom is 0.148 e. The number of benzene rings is 1. The Morgan fingerprint density at radius 3 is 2.93 bits per heavy atom. The molecule has 3 nitrogen and oxygen atoms in total. The lowest BCUT2D eigenvalue weighted by Crippen LogP contribution is -2.32. The van der Waals surface area contributed by atoms with E-state index >= 15 is 0 Å². The Hall–Kier alpha value is -0.940. The molecule has 0 radical (unpaired) electrons. The van der Waals surface area contributed by atoms with Crippen LogP contribution in [-0.2, 0) is 0 Å². The maximum atomic E-state index is 13.6. The fourth-order valence-electron chi connectivity index (χ4n) is 1.12. The molecule has 0 aromatic heterocycles. The monoisotopic (exact) mass is 273 g/mol. The summed E-state index contributed by atoms with van der Waals surface area (Å²) in [7, 11) is 0. The van der Waals surface area contributed by atoms with Crippen LogP contribution in [0, 0.1) is 5.82 Å². The van der Waals surface area contributed by atoms with Crippen molar-refractivity contribution in [2.75, 3.05) is 6.54 Å². The fourth-order valence-corrected chi connectivity index (χ4v) is 1.49. The zero-order valence-electron chi connectivity index (χ0n) is 8.43. The van der Waals surface area contributed by atoms with Crippen LogP contribution in [-0.4, -0.2) is 12.4 Å². The topological polar surface area (TPSA) is 50.4 Å². The Balaban J connectivity index is 3.07. The lowest BCUT2D eigenvalue weighted by Gasteiger charge is -2.07. The van der Waals surface area contributed by atoms with Gasteiger partial charge in [0.1, 0.15) is 11.7 Å². The summed E-state index contributed by atoms with van der Waals surface area (Å²) in [6.45, 7) is 2.61. The number of nitrogens with two attached hydrogens (primary N) is 1. The summed E-state index contributed by atoms with van der Waals surface area (Å²) >= 11 is 3.11. The van der Waals surface area contributed by atoms with Gasteiger partial charge in [-0.05, 0) is 34.5 Å². The lowest BCUT2D eigenvalue weighted by atomic mass is 10.2. The minimum atomic E-state index is -0.356. The second-order valence-corrected chi connectivity index (χ2v) is 3.83. The number of hydrogen-bond acceptors (Lipinski definition) is 2. The minimum absolute atomic E-state index is 0.356. The molecular weight excluding hydrogens is 261 g/mol. The number of aliphatic imine (C=N–C) groups is 1. The van der Waals surface area contributed by atoms with Gasteiger partial charge in [-0.1, -0.05) is 13.0 Å². The van der Waals surface area contributed by atoms with E-state index < -0.39 is 0 Å². The third-order valence-corrected chi connectivity index (χ3v) is 2.45. The van der Waals surface area contributed by atoms with Crippen molar-refractivity contribution < 1.29 is 4.39 Å². The van der Waals surface area contributed by atoms with Gasteiger partial charge in [-0.2, -0.15) is 0 Å². The molecule has 0 fully saturated rings. The van der Waals surface area contributed by atoms with Gasteiger partial charge in [0, 0.05) is 6.54 Å². The van der Waals surface area contributed by atoms with Crippen molar-refractivity contribution in [3.05, 3.63) is 34.1 Å². The molecule has 0 aliphatic rings. The van der Waals surface area contributed by atoms with Gasteiger partial charge in [-0.15, -0.1) is 0 Å². The van der Waals surface area contributed by atoms with Crippen molar-refractivity contribution in [1.29, 1.82) is 0 Å². The Morgan fingerprint density at radius 1 is 1.60 bits per heavy atom. The van der Waals surface area contributed by atoms with Gasteiger partial charge in [-0.3, -0.25) is 4.99 Å². The van der Waals surface area contributed by atoms with E-state index in [0.29, 0.717) is 22.4 Å². The first-order chi connectivity index (χ1) is 7.20. The third kappa shape index (κ3) is 3.00. The third-order valence-electron chi connectivity index (χ3n) is 1.84. The summed E-state index contributed by atoms with van der Waals surface area (Å²) in [6, 6.07) is 5.00. The van der Waals surface area contributed by atoms with Crippen LogP contribution in [0.15, 0.2) is 27.7 Å². The van der Waals surface area contributed by atoms with E-state index in [9.17, 15) is 4.39 Å². The number of halogens is 2. The van der Waals surface area contributed by atoms with Crippen LogP contribution >= 0.6 is 15.9 Å². The quantitative estimate of drug-likeness (QED) is 0.384. The molecule has 15 heavy (non-hydrogen) atoms. The Labute approximate surface area is 96.7 Å². The highest BCUT2D eigenvalue weighted by molar-refractivity contribution is 9.10. The van der Waals surface area contributed by atoms with Gasteiger partial charge >= 0.3 is 0 Å². The molecule has 0 spiro atoms. The molecular formula is C10H13BrFN3. The van der Waals surface area contributed by atoms with E-state index in [2.05, 4.69) is 26.3 Å². The van der Waals surface area contributed by atoms with Crippen molar-refractivity contribution in [3.8, 4) is 0 Å². The summed E-state index contributed by atoms with van der Waals surface area (Å²) in [6.07, 6.45) is 0.890. The van der Waals surface area contributed by atoms with Gasteiger partial charge in [-0.25, -0.2) is 10.2 Å². The van der Waals surface area contributed by atoms with Crippen molar-refractivity contribution in [2.45, 2.75) is 13.3 Å². The highest BCUT2D eigenvalue weighted by Crippen LogP contribution is 2.18. The SMILES string of the molecule is CCCN=C(NN)c1cccc(Br)c1F. The number of rotatable bonds is 3. The average Bonchev–Trinajstić information content (AvgIpc) is 2.25. The number of hydrogen-bond donors (Lipinski definition) is 2. The van der Waals surface area contributed by atoms with Crippen molar-refractivity contribution >= 4 is 21.8 Å². The first-order valence-corrected chi connectivity index (χ1v) is 5.45. The smallest absolute Gasteiger partial charge is 0.148 e. The molecule has 5 heteroatoms. The summed E-state index contributed by atoms with van der Waals surface area (Å²) in [5, 5.41) is 0. The molecule has 0 aliphatic carbocycles. The molecule has 82 valence electrons. The number of amidine groups is 1. The normalized spacial score (nSPS) is 11.6. The summed E-state index contributed by atoms with van der Waals surface area (Å²) in [4.78, 5) is 4.15. The molecule has 1 aromatic rings. The van der Waals surface area contributed by atoms with E-state index in [1.165, 1.54) is 0 Å². The van der Waals surface area contributed by atoms with Crippen LogP contribution in [0.3, 0.4) is 0 Å². The molecule has 0 saturated heterocycles. The first kappa shape index (κ1) is 12.1. The molecule has 0 saturated carbocycles.